The highest BCUT2D eigenvalue weighted by atomic mass is 16.4. The zero-order valence-corrected chi connectivity index (χ0v) is 20.4. The number of aliphatic hydroxyl groups is 1. The largest absolute Gasteiger partial charge is 0.478 e. The average Bonchev–Trinajstić information content (AvgIpc) is 3.24. The van der Waals surface area contributed by atoms with E-state index in [2.05, 4.69) is 5.32 Å². The van der Waals surface area contributed by atoms with E-state index in [9.17, 15) is 19.8 Å². The summed E-state index contributed by atoms with van der Waals surface area (Å²) in [5, 5.41) is 23.1. The number of carboxylic acids is 1. The molecule has 2 atom stereocenters. The van der Waals surface area contributed by atoms with E-state index in [0.29, 0.717) is 29.3 Å². The molecule has 2 aromatic heterocycles. The summed E-state index contributed by atoms with van der Waals surface area (Å²) in [5.74, 6) is -0.478. The molecule has 8 heteroatoms. The number of hydrogen-bond donors (Lipinski definition) is 3. The van der Waals surface area contributed by atoms with Crippen LogP contribution in [0, 0.1) is 13.8 Å². The summed E-state index contributed by atoms with van der Waals surface area (Å²) in [5.41, 5.74) is 5.27. The first-order valence-electron chi connectivity index (χ1n) is 11.9. The topological polar surface area (TPSA) is 107 Å². The molecule has 0 bridgehead atoms. The van der Waals surface area contributed by atoms with E-state index in [1.807, 2.05) is 49.1 Å². The van der Waals surface area contributed by atoms with Crippen LogP contribution in [0.25, 0.3) is 5.65 Å². The van der Waals surface area contributed by atoms with Crippen LogP contribution in [0.15, 0.2) is 65.6 Å². The van der Waals surface area contributed by atoms with Gasteiger partial charge in [-0.15, -0.1) is 0 Å². The number of pyridine rings is 1. The number of nitrogens with one attached hydrogen (secondary N) is 1. The fourth-order valence-electron chi connectivity index (χ4n) is 5.07. The maximum atomic E-state index is 13.5. The Morgan fingerprint density at radius 1 is 1.17 bits per heavy atom. The first-order chi connectivity index (χ1) is 17.3. The molecule has 2 aromatic carbocycles. The summed E-state index contributed by atoms with van der Waals surface area (Å²) in [4.78, 5) is 32.2. The third-order valence-electron chi connectivity index (χ3n) is 6.86. The molecule has 4 aromatic rings. The number of fused-ring (bicyclic) bond motifs is 2. The maximum absolute atomic E-state index is 13.5. The molecule has 8 nitrogen and oxygen atoms in total. The maximum Gasteiger partial charge on any atom is 0.337 e. The van der Waals surface area contributed by atoms with Crippen LogP contribution in [0.3, 0.4) is 0 Å². The van der Waals surface area contributed by atoms with Gasteiger partial charge in [-0.05, 0) is 55.7 Å². The Labute approximate surface area is 208 Å². The minimum Gasteiger partial charge on any atom is -0.478 e. The van der Waals surface area contributed by atoms with Gasteiger partial charge in [0.05, 0.1) is 29.8 Å². The van der Waals surface area contributed by atoms with Crippen LogP contribution < -0.4 is 15.8 Å². The number of aliphatic hydroxyl groups excluding tert-OH is 1. The molecule has 3 N–H and O–H groups in total. The van der Waals surface area contributed by atoms with Gasteiger partial charge in [0.1, 0.15) is 11.5 Å². The molecule has 0 saturated carbocycles. The number of aromatic carboxylic acids is 1. The lowest BCUT2D eigenvalue weighted by molar-refractivity contribution is 0.0698. The molecule has 1 aliphatic heterocycles. The van der Waals surface area contributed by atoms with Gasteiger partial charge in [0.15, 0.2) is 0 Å². The van der Waals surface area contributed by atoms with Gasteiger partial charge in [-0.1, -0.05) is 36.4 Å². The summed E-state index contributed by atoms with van der Waals surface area (Å²) in [7, 11) is 0. The quantitative estimate of drug-likeness (QED) is 0.376. The van der Waals surface area contributed by atoms with Crippen LogP contribution in [-0.2, 0) is 6.54 Å². The Balaban J connectivity index is 1.64. The molecular formula is C28H28N4O4. The third-order valence-corrected chi connectivity index (χ3v) is 6.86. The number of aromatic nitrogens is 2. The summed E-state index contributed by atoms with van der Waals surface area (Å²) in [6, 6.07) is 16.0. The van der Waals surface area contributed by atoms with Crippen LogP contribution in [0.2, 0.25) is 0 Å². The molecule has 5 rings (SSSR count). The number of rotatable bonds is 6. The van der Waals surface area contributed by atoms with Crippen molar-refractivity contribution in [2.24, 2.45) is 0 Å². The molecule has 0 amide bonds. The lowest BCUT2D eigenvalue weighted by Gasteiger charge is -2.27. The Hall–Kier alpha value is -4.17. The normalized spacial score (nSPS) is 15.7. The monoisotopic (exact) mass is 484 g/mol. The zero-order valence-electron chi connectivity index (χ0n) is 20.4. The first kappa shape index (κ1) is 23.6. The van der Waals surface area contributed by atoms with Crippen LogP contribution in [0.4, 0.5) is 11.5 Å². The van der Waals surface area contributed by atoms with Crippen LogP contribution >= 0.6 is 0 Å². The summed E-state index contributed by atoms with van der Waals surface area (Å²) in [6.07, 6.45) is 1.77. The summed E-state index contributed by atoms with van der Waals surface area (Å²) >= 11 is 0. The van der Waals surface area contributed by atoms with Gasteiger partial charge in [0.25, 0.3) is 5.56 Å². The molecule has 1 unspecified atom stereocenters. The number of aryl methyl sites for hydroxylation is 1. The SMILES string of the molecule is Cc1cc([C@@H](C)Nc2ccccc2C(=O)O)c2nc(N3Cc4ccccc4C3CO)c(C)c(=O)n2c1. The van der Waals surface area contributed by atoms with Gasteiger partial charge >= 0.3 is 5.97 Å². The summed E-state index contributed by atoms with van der Waals surface area (Å²) in [6.45, 7) is 6.05. The molecule has 0 radical (unpaired) electrons. The van der Waals surface area contributed by atoms with Crippen molar-refractivity contribution in [2.75, 3.05) is 16.8 Å². The van der Waals surface area contributed by atoms with Gasteiger partial charge in [0.2, 0.25) is 0 Å². The number of carbonyl (C=O) groups is 1. The Morgan fingerprint density at radius 3 is 2.64 bits per heavy atom. The van der Waals surface area contributed by atoms with Crippen LogP contribution in [0.5, 0.6) is 0 Å². The van der Waals surface area contributed by atoms with E-state index < -0.39 is 5.97 Å². The van der Waals surface area contributed by atoms with Gasteiger partial charge < -0.3 is 20.4 Å². The van der Waals surface area contributed by atoms with Crippen molar-refractivity contribution >= 4 is 23.1 Å². The number of anilines is 2. The second kappa shape index (κ2) is 9.13. The van der Waals surface area contributed by atoms with E-state index in [0.717, 1.165) is 22.3 Å². The van der Waals surface area contributed by atoms with Gasteiger partial charge in [-0.2, -0.15) is 0 Å². The molecular weight excluding hydrogens is 456 g/mol. The number of carboxylic acid groups (broad SMARTS) is 1. The zero-order chi connectivity index (χ0) is 25.6. The van der Waals surface area contributed by atoms with Gasteiger partial charge in [0, 0.05) is 24.0 Å². The lowest BCUT2D eigenvalue weighted by Crippen LogP contribution is -2.30. The number of hydrogen-bond acceptors (Lipinski definition) is 6. The lowest BCUT2D eigenvalue weighted by atomic mass is 10.1. The minimum absolute atomic E-state index is 0.0951. The average molecular weight is 485 g/mol. The van der Waals surface area contributed by atoms with Crippen molar-refractivity contribution in [2.45, 2.75) is 39.4 Å². The highest BCUT2D eigenvalue weighted by Gasteiger charge is 2.32. The molecule has 0 saturated heterocycles. The molecule has 36 heavy (non-hydrogen) atoms. The Bertz CT molecular complexity index is 1540. The molecule has 184 valence electrons. The minimum atomic E-state index is -1.02. The molecule has 0 spiro atoms. The fourth-order valence-corrected chi connectivity index (χ4v) is 5.07. The molecule has 0 aliphatic carbocycles. The summed E-state index contributed by atoms with van der Waals surface area (Å²) < 4.78 is 1.56. The Morgan fingerprint density at radius 2 is 1.89 bits per heavy atom. The van der Waals surface area contributed by atoms with Crippen molar-refractivity contribution in [3.8, 4) is 0 Å². The van der Waals surface area contributed by atoms with Crippen molar-refractivity contribution in [1.29, 1.82) is 0 Å². The van der Waals surface area contributed by atoms with E-state index >= 15 is 0 Å². The van der Waals surface area contributed by atoms with Crippen molar-refractivity contribution in [3.05, 3.63) is 105 Å². The van der Waals surface area contributed by atoms with E-state index in [-0.39, 0.29) is 29.8 Å². The van der Waals surface area contributed by atoms with E-state index in [4.69, 9.17) is 4.98 Å². The number of nitrogens with zero attached hydrogens (tertiary/aromatic N) is 3. The fraction of sp³-hybridized carbons (Fsp3) is 0.250. The van der Waals surface area contributed by atoms with E-state index in [1.165, 1.54) is 0 Å². The highest BCUT2D eigenvalue weighted by Crippen LogP contribution is 2.37. The second-order valence-corrected chi connectivity index (χ2v) is 9.27. The highest BCUT2D eigenvalue weighted by molar-refractivity contribution is 5.94. The van der Waals surface area contributed by atoms with Crippen molar-refractivity contribution in [3.63, 3.8) is 0 Å². The molecule has 1 aliphatic rings. The predicted octanol–water partition coefficient (Wildman–Crippen LogP) is 4.24. The van der Waals surface area contributed by atoms with Crippen LogP contribution in [-0.4, -0.2) is 32.2 Å². The standard InChI is InChI=1S/C28H28N4O4/c1-16-12-22(18(3)29-23-11-7-6-10-21(23)28(35)36)26-30-25(17(2)27(34)32(26)13-16)31-14-19-8-4-5-9-20(19)24(31)15-33/h4-13,18,24,29,33H,14-15H2,1-3H3,(H,35,36)/t18-,24?/m1/s1. The predicted molar refractivity (Wildman–Crippen MR) is 139 cm³/mol. The molecule has 3 heterocycles. The van der Waals surface area contributed by atoms with Gasteiger partial charge in [-0.25, -0.2) is 9.78 Å². The molecule has 0 fully saturated rings. The smallest absolute Gasteiger partial charge is 0.337 e. The second-order valence-electron chi connectivity index (χ2n) is 9.27. The third kappa shape index (κ3) is 3.89. The van der Waals surface area contributed by atoms with Gasteiger partial charge in [-0.3, -0.25) is 9.20 Å². The number of para-hydroxylation sites is 1. The van der Waals surface area contributed by atoms with Crippen molar-refractivity contribution in [1.82, 2.24) is 9.38 Å². The number of benzene rings is 2. The first-order valence-corrected chi connectivity index (χ1v) is 11.9. The van der Waals surface area contributed by atoms with Crippen LogP contribution in [0.1, 0.15) is 57.2 Å². The van der Waals surface area contributed by atoms with E-state index in [1.54, 1.807) is 41.8 Å². The van der Waals surface area contributed by atoms with Crippen molar-refractivity contribution < 1.29 is 15.0 Å². The Kier molecular flexibility index (Phi) is 5.97.